The van der Waals surface area contributed by atoms with Crippen molar-refractivity contribution in [1.29, 1.82) is 0 Å². The Hall–Kier alpha value is -2.33. The monoisotopic (exact) mass is 323 g/mol. The SMILES string of the molecule is Cc1cccc(N2CCN(C(=O)CNCc3ccccc3)CC2)c1. The number of rotatable bonds is 5. The molecule has 4 nitrogen and oxygen atoms in total. The van der Waals surface area contributed by atoms with Crippen LogP contribution in [0.25, 0.3) is 0 Å². The third-order valence-corrected chi connectivity index (χ3v) is 4.45. The molecule has 0 aromatic heterocycles. The molecule has 4 heteroatoms. The third kappa shape index (κ3) is 4.36. The fraction of sp³-hybridized carbons (Fsp3) is 0.350. The van der Waals surface area contributed by atoms with Crippen LogP contribution in [-0.2, 0) is 11.3 Å². The second-order valence-corrected chi connectivity index (χ2v) is 6.30. The van der Waals surface area contributed by atoms with E-state index in [1.807, 2.05) is 23.1 Å². The van der Waals surface area contributed by atoms with Crippen molar-refractivity contribution < 1.29 is 4.79 Å². The number of nitrogens with one attached hydrogen (secondary N) is 1. The van der Waals surface area contributed by atoms with Crippen LogP contribution in [0.2, 0.25) is 0 Å². The summed E-state index contributed by atoms with van der Waals surface area (Å²) in [4.78, 5) is 16.6. The summed E-state index contributed by atoms with van der Waals surface area (Å²) in [5.74, 6) is 0.190. The van der Waals surface area contributed by atoms with Crippen molar-refractivity contribution in [2.24, 2.45) is 0 Å². The zero-order valence-electron chi connectivity index (χ0n) is 14.2. The molecule has 1 saturated heterocycles. The Labute approximate surface area is 144 Å². The topological polar surface area (TPSA) is 35.6 Å². The zero-order valence-corrected chi connectivity index (χ0v) is 14.2. The molecular weight excluding hydrogens is 298 g/mol. The highest BCUT2D eigenvalue weighted by Crippen LogP contribution is 2.17. The number of nitrogens with zero attached hydrogens (tertiary/aromatic N) is 2. The molecule has 0 unspecified atom stereocenters. The molecule has 1 N–H and O–H groups in total. The minimum atomic E-state index is 0.190. The van der Waals surface area contributed by atoms with Crippen molar-refractivity contribution in [3.8, 4) is 0 Å². The molecule has 0 atom stereocenters. The van der Waals surface area contributed by atoms with Crippen molar-refractivity contribution in [3.05, 3.63) is 65.7 Å². The first-order chi connectivity index (χ1) is 11.7. The molecule has 3 rings (SSSR count). The van der Waals surface area contributed by atoms with E-state index in [0.29, 0.717) is 6.54 Å². The fourth-order valence-corrected chi connectivity index (χ4v) is 3.06. The lowest BCUT2D eigenvalue weighted by molar-refractivity contribution is -0.130. The number of hydrogen-bond acceptors (Lipinski definition) is 3. The van der Waals surface area contributed by atoms with Crippen LogP contribution in [0.4, 0.5) is 5.69 Å². The van der Waals surface area contributed by atoms with Crippen molar-refractivity contribution in [2.75, 3.05) is 37.6 Å². The van der Waals surface area contributed by atoms with Crippen molar-refractivity contribution in [2.45, 2.75) is 13.5 Å². The molecule has 1 amide bonds. The minimum Gasteiger partial charge on any atom is -0.368 e. The molecular formula is C20H25N3O. The quantitative estimate of drug-likeness (QED) is 0.918. The van der Waals surface area contributed by atoms with Gasteiger partial charge in [-0.05, 0) is 30.2 Å². The smallest absolute Gasteiger partial charge is 0.236 e. The predicted octanol–water partition coefficient (Wildman–Crippen LogP) is 2.43. The van der Waals surface area contributed by atoms with Crippen LogP contribution in [0, 0.1) is 6.92 Å². The number of anilines is 1. The highest BCUT2D eigenvalue weighted by atomic mass is 16.2. The average molecular weight is 323 g/mol. The maximum absolute atomic E-state index is 12.3. The Balaban J connectivity index is 1.43. The van der Waals surface area contributed by atoms with Gasteiger partial charge in [-0.2, -0.15) is 0 Å². The standard InChI is InChI=1S/C20H25N3O/c1-17-6-5-9-19(14-17)22-10-12-23(13-11-22)20(24)16-21-15-18-7-3-2-4-8-18/h2-9,14,21H,10-13,15-16H2,1H3. The molecule has 0 bridgehead atoms. The van der Waals surface area contributed by atoms with Crippen LogP contribution in [0.3, 0.4) is 0 Å². The Morgan fingerprint density at radius 2 is 1.75 bits per heavy atom. The van der Waals surface area contributed by atoms with Crippen LogP contribution in [0.5, 0.6) is 0 Å². The van der Waals surface area contributed by atoms with Gasteiger partial charge in [-0.3, -0.25) is 4.79 Å². The summed E-state index contributed by atoms with van der Waals surface area (Å²) in [6.07, 6.45) is 0. The first-order valence-corrected chi connectivity index (χ1v) is 8.56. The molecule has 1 fully saturated rings. The Kier molecular flexibility index (Phi) is 5.49. The Morgan fingerprint density at radius 1 is 1.00 bits per heavy atom. The van der Waals surface area contributed by atoms with Crippen molar-refractivity contribution in [3.63, 3.8) is 0 Å². The fourth-order valence-electron chi connectivity index (χ4n) is 3.06. The zero-order chi connectivity index (χ0) is 16.8. The Morgan fingerprint density at radius 3 is 2.46 bits per heavy atom. The lowest BCUT2D eigenvalue weighted by Gasteiger charge is -2.36. The van der Waals surface area contributed by atoms with E-state index in [1.54, 1.807) is 0 Å². The predicted molar refractivity (Wildman–Crippen MR) is 98.1 cm³/mol. The van der Waals surface area contributed by atoms with E-state index >= 15 is 0 Å². The molecule has 0 aliphatic carbocycles. The van der Waals surface area contributed by atoms with Gasteiger partial charge in [0.1, 0.15) is 0 Å². The van der Waals surface area contributed by atoms with Crippen LogP contribution in [0.15, 0.2) is 54.6 Å². The van der Waals surface area contributed by atoms with Gasteiger partial charge in [-0.1, -0.05) is 42.5 Å². The van der Waals surface area contributed by atoms with E-state index in [0.717, 1.165) is 32.7 Å². The minimum absolute atomic E-state index is 0.190. The average Bonchev–Trinajstić information content (AvgIpc) is 2.63. The summed E-state index contributed by atoms with van der Waals surface area (Å²) in [5.41, 5.74) is 3.73. The normalized spacial score (nSPS) is 14.7. The van der Waals surface area contributed by atoms with Gasteiger partial charge >= 0.3 is 0 Å². The van der Waals surface area contributed by atoms with Gasteiger partial charge in [0.05, 0.1) is 6.54 Å². The second kappa shape index (κ2) is 7.97. The lowest BCUT2D eigenvalue weighted by Crippen LogP contribution is -2.50. The summed E-state index contributed by atoms with van der Waals surface area (Å²) in [5, 5.41) is 3.24. The molecule has 126 valence electrons. The highest BCUT2D eigenvalue weighted by molar-refractivity contribution is 5.78. The summed E-state index contributed by atoms with van der Waals surface area (Å²) in [7, 11) is 0. The highest BCUT2D eigenvalue weighted by Gasteiger charge is 2.20. The van der Waals surface area contributed by atoms with Crippen molar-refractivity contribution in [1.82, 2.24) is 10.2 Å². The van der Waals surface area contributed by atoms with Crippen LogP contribution in [-0.4, -0.2) is 43.5 Å². The summed E-state index contributed by atoms with van der Waals surface area (Å²) in [6, 6.07) is 18.7. The number of carbonyl (C=O) groups is 1. The second-order valence-electron chi connectivity index (χ2n) is 6.30. The largest absolute Gasteiger partial charge is 0.368 e. The summed E-state index contributed by atoms with van der Waals surface area (Å²) >= 11 is 0. The van der Waals surface area contributed by atoms with E-state index in [9.17, 15) is 4.79 Å². The van der Waals surface area contributed by atoms with Crippen LogP contribution in [0.1, 0.15) is 11.1 Å². The van der Waals surface area contributed by atoms with E-state index < -0.39 is 0 Å². The summed E-state index contributed by atoms with van der Waals surface area (Å²) < 4.78 is 0. The lowest BCUT2D eigenvalue weighted by atomic mass is 10.2. The molecule has 2 aromatic rings. The molecule has 24 heavy (non-hydrogen) atoms. The third-order valence-electron chi connectivity index (χ3n) is 4.45. The van der Waals surface area contributed by atoms with Crippen molar-refractivity contribution >= 4 is 11.6 Å². The van der Waals surface area contributed by atoms with Gasteiger partial charge in [-0.15, -0.1) is 0 Å². The van der Waals surface area contributed by atoms with Gasteiger partial charge in [0.2, 0.25) is 5.91 Å². The van der Waals surface area contributed by atoms with Gasteiger partial charge in [0.25, 0.3) is 0 Å². The number of amides is 1. The number of carbonyl (C=O) groups excluding carboxylic acids is 1. The molecule has 1 aliphatic rings. The molecule has 2 aromatic carbocycles. The van der Waals surface area contributed by atoms with Gasteiger partial charge in [0, 0.05) is 38.4 Å². The van der Waals surface area contributed by atoms with Crippen LogP contribution >= 0.6 is 0 Å². The Bertz CT molecular complexity index is 664. The molecule has 1 heterocycles. The van der Waals surface area contributed by atoms with Gasteiger partial charge in [-0.25, -0.2) is 0 Å². The maximum Gasteiger partial charge on any atom is 0.236 e. The molecule has 1 aliphatic heterocycles. The van der Waals surface area contributed by atoms with E-state index in [2.05, 4.69) is 53.5 Å². The number of piperazine rings is 1. The van der Waals surface area contributed by atoms with Crippen LogP contribution < -0.4 is 10.2 Å². The number of aryl methyl sites for hydroxylation is 1. The van der Waals surface area contributed by atoms with E-state index in [4.69, 9.17) is 0 Å². The maximum atomic E-state index is 12.3. The van der Waals surface area contributed by atoms with E-state index in [1.165, 1.54) is 16.8 Å². The van der Waals surface area contributed by atoms with Gasteiger partial charge < -0.3 is 15.1 Å². The molecule has 0 saturated carbocycles. The molecule has 0 spiro atoms. The molecule has 0 radical (unpaired) electrons. The van der Waals surface area contributed by atoms with Gasteiger partial charge in [0.15, 0.2) is 0 Å². The summed E-state index contributed by atoms with van der Waals surface area (Å²) in [6.45, 7) is 6.62. The van der Waals surface area contributed by atoms with E-state index in [-0.39, 0.29) is 5.91 Å². The number of benzene rings is 2. The first kappa shape index (κ1) is 16.5. The first-order valence-electron chi connectivity index (χ1n) is 8.56. The number of hydrogen-bond donors (Lipinski definition) is 1.